The minimum Gasteiger partial charge on any atom is -0.336 e. The fraction of sp³-hybridized carbons (Fsp3) is 0.250. The molecule has 1 aromatic heterocycles. The van der Waals surface area contributed by atoms with Crippen LogP contribution in [0.15, 0.2) is 72.1 Å². The van der Waals surface area contributed by atoms with E-state index in [4.69, 9.17) is 11.6 Å². The molecule has 3 rings (SSSR count). The van der Waals surface area contributed by atoms with Crippen LogP contribution < -0.4 is 0 Å². The van der Waals surface area contributed by atoms with Gasteiger partial charge in [0.15, 0.2) is 0 Å². The summed E-state index contributed by atoms with van der Waals surface area (Å²) in [6.07, 6.45) is 5.77. The monoisotopic (exact) mass is 388 g/mol. The highest BCUT2D eigenvalue weighted by molar-refractivity contribution is 8.03. The Balaban J connectivity index is 1.59. The molecule has 0 aliphatic heterocycles. The van der Waals surface area contributed by atoms with Crippen LogP contribution in [0.25, 0.3) is 0 Å². The standard InChI is InChI=1S/C20H21ClN2S2/c1-16-2-4-17(5-3-16)13-24-20(12-23-11-10-22-15-23)14-25-19-8-6-18(21)7-9-19/h2-11,15,20H,12-14H2,1H3. The van der Waals surface area contributed by atoms with E-state index >= 15 is 0 Å². The second-order valence-corrected chi connectivity index (χ2v) is 8.76. The second kappa shape index (κ2) is 9.37. The van der Waals surface area contributed by atoms with E-state index in [1.165, 1.54) is 16.0 Å². The van der Waals surface area contributed by atoms with Crippen molar-refractivity contribution in [3.05, 3.63) is 83.4 Å². The van der Waals surface area contributed by atoms with Crippen molar-refractivity contribution in [2.75, 3.05) is 5.75 Å². The number of halogens is 1. The van der Waals surface area contributed by atoms with E-state index in [-0.39, 0.29) is 0 Å². The van der Waals surface area contributed by atoms with Gasteiger partial charge in [0.05, 0.1) is 6.33 Å². The maximum atomic E-state index is 5.97. The number of benzene rings is 2. The highest BCUT2D eigenvalue weighted by Crippen LogP contribution is 2.27. The number of rotatable bonds is 8. The lowest BCUT2D eigenvalue weighted by Gasteiger charge is -2.17. The van der Waals surface area contributed by atoms with Crippen LogP contribution in [-0.4, -0.2) is 20.6 Å². The molecule has 3 aromatic rings. The Morgan fingerprint density at radius 2 is 1.84 bits per heavy atom. The van der Waals surface area contributed by atoms with Crippen molar-refractivity contribution in [3.8, 4) is 0 Å². The molecule has 0 saturated heterocycles. The fourth-order valence-corrected chi connectivity index (χ4v) is 4.83. The smallest absolute Gasteiger partial charge is 0.0946 e. The Morgan fingerprint density at radius 1 is 1.08 bits per heavy atom. The van der Waals surface area contributed by atoms with E-state index in [0.29, 0.717) is 5.25 Å². The highest BCUT2D eigenvalue weighted by atomic mass is 35.5. The summed E-state index contributed by atoms with van der Waals surface area (Å²) in [6.45, 7) is 3.10. The van der Waals surface area contributed by atoms with E-state index in [2.05, 4.69) is 52.9 Å². The van der Waals surface area contributed by atoms with Crippen molar-refractivity contribution in [2.24, 2.45) is 0 Å². The van der Waals surface area contributed by atoms with Crippen LogP contribution in [0, 0.1) is 6.92 Å². The summed E-state index contributed by atoms with van der Waals surface area (Å²) in [5.74, 6) is 2.08. The number of hydrogen-bond donors (Lipinski definition) is 0. The van der Waals surface area contributed by atoms with E-state index in [1.807, 2.05) is 54.4 Å². The summed E-state index contributed by atoms with van der Waals surface area (Å²) in [5, 5.41) is 1.30. The number of aromatic nitrogens is 2. The highest BCUT2D eigenvalue weighted by Gasteiger charge is 2.12. The van der Waals surface area contributed by atoms with Gasteiger partial charge >= 0.3 is 0 Å². The predicted octanol–water partition coefficient (Wildman–Crippen LogP) is 5.94. The molecule has 2 aromatic carbocycles. The normalized spacial score (nSPS) is 12.2. The number of thioether (sulfide) groups is 2. The van der Waals surface area contributed by atoms with E-state index < -0.39 is 0 Å². The van der Waals surface area contributed by atoms with Gasteiger partial charge in [0.1, 0.15) is 0 Å². The van der Waals surface area contributed by atoms with Gasteiger partial charge in [0.25, 0.3) is 0 Å². The molecule has 0 amide bonds. The van der Waals surface area contributed by atoms with Gasteiger partial charge in [0.2, 0.25) is 0 Å². The van der Waals surface area contributed by atoms with Gasteiger partial charge in [-0.25, -0.2) is 4.98 Å². The van der Waals surface area contributed by atoms with Gasteiger partial charge in [-0.1, -0.05) is 41.4 Å². The summed E-state index contributed by atoms with van der Waals surface area (Å²) >= 11 is 9.86. The summed E-state index contributed by atoms with van der Waals surface area (Å²) < 4.78 is 2.16. The first-order valence-corrected chi connectivity index (χ1v) is 10.6. The van der Waals surface area contributed by atoms with Crippen LogP contribution in [0.4, 0.5) is 0 Å². The first-order valence-electron chi connectivity index (χ1n) is 8.20. The molecule has 5 heteroatoms. The second-order valence-electron chi connectivity index (χ2n) is 5.94. The largest absolute Gasteiger partial charge is 0.336 e. The van der Waals surface area contributed by atoms with Crippen LogP contribution in [-0.2, 0) is 12.3 Å². The lowest BCUT2D eigenvalue weighted by atomic mass is 10.2. The Bertz CT molecular complexity index is 706. The maximum absolute atomic E-state index is 5.97. The molecule has 0 bridgehead atoms. The van der Waals surface area contributed by atoms with Crippen LogP contribution >= 0.6 is 35.1 Å². The number of hydrogen-bond acceptors (Lipinski definition) is 3. The Labute approximate surface area is 163 Å². The van der Waals surface area contributed by atoms with Crippen molar-refractivity contribution in [1.29, 1.82) is 0 Å². The molecule has 1 heterocycles. The molecule has 0 N–H and O–H groups in total. The summed E-state index contributed by atoms with van der Waals surface area (Å²) in [4.78, 5) is 5.42. The molecule has 25 heavy (non-hydrogen) atoms. The predicted molar refractivity (Wildman–Crippen MR) is 111 cm³/mol. The van der Waals surface area contributed by atoms with Crippen LogP contribution in [0.1, 0.15) is 11.1 Å². The first-order chi connectivity index (χ1) is 12.2. The molecule has 0 aliphatic rings. The third-order valence-electron chi connectivity index (χ3n) is 3.83. The molecule has 2 nitrogen and oxygen atoms in total. The lowest BCUT2D eigenvalue weighted by molar-refractivity contribution is 0.695. The van der Waals surface area contributed by atoms with Crippen molar-refractivity contribution < 1.29 is 0 Å². The zero-order valence-electron chi connectivity index (χ0n) is 14.1. The minimum absolute atomic E-state index is 0.510. The molecule has 1 unspecified atom stereocenters. The van der Waals surface area contributed by atoms with E-state index in [0.717, 1.165) is 23.1 Å². The molecule has 0 fully saturated rings. The maximum Gasteiger partial charge on any atom is 0.0946 e. The summed E-state index contributed by atoms with van der Waals surface area (Å²) in [5.41, 5.74) is 2.68. The molecule has 130 valence electrons. The van der Waals surface area contributed by atoms with Crippen molar-refractivity contribution in [2.45, 2.75) is 29.4 Å². The van der Waals surface area contributed by atoms with Gasteiger partial charge < -0.3 is 4.57 Å². The third kappa shape index (κ3) is 6.14. The van der Waals surface area contributed by atoms with Gasteiger partial charge in [0, 0.05) is 45.6 Å². The topological polar surface area (TPSA) is 17.8 Å². The average Bonchev–Trinajstić information content (AvgIpc) is 3.13. The van der Waals surface area contributed by atoms with Crippen LogP contribution in [0.3, 0.4) is 0 Å². The molecular formula is C20H21ClN2S2. The first kappa shape index (κ1) is 18.4. The van der Waals surface area contributed by atoms with Crippen molar-refractivity contribution in [3.63, 3.8) is 0 Å². The molecular weight excluding hydrogens is 368 g/mol. The van der Waals surface area contributed by atoms with E-state index in [1.54, 1.807) is 0 Å². The van der Waals surface area contributed by atoms with Gasteiger partial charge in [-0.2, -0.15) is 11.8 Å². The molecule has 0 radical (unpaired) electrons. The Morgan fingerprint density at radius 3 is 2.52 bits per heavy atom. The fourth-order valence-electron chi connectivity index (χ4n) is 2.40. The van der Waals surface area contributed by atoms with Crippen molar-refractivity contribution in [1.82, 2.24) is 9.55 Å². The van der Waals surface area contributed by atoms with Crippen molar-refractivity contribution >= 4 is 35.1 Å². The minimum atomic E-state index is 0.510. The third-order valence-corrected chi connectivity index (χ3v) is 6.75. The quantitative estimate of drug-likeness (QED) is 0.445. The Kier molecular flexibility index (Phi) is 6.91. The van der Waals surface area contributed by atoms with Gasteiger partial charge in [-0.05, 0) is 36.8 Å². The number of aryl methyl sites for hydroxylation is 1. The summed E-state index contributed by atoms with van der Waals surface area (Å²) in [7, 11) is 0. The van der Waals surface area contributed by atoms with Gasteiger partial charge in [-0.3, -0.25) is 0 Å². The number of nitrogens with zero attached hydrogens (tertiary/aromatic N) is 2. The number of imidazole rings is 1. The summed E-state index contributed by atoms with van der Waals surface area (Å²) in [6, 6.07) is 16.9. The average molecular weight is 389 g/mol. The van der Waals surface area contributed by atoms with Gasteiger partial charge in [-0.15, -0.1) is 11.8 Å². The van der Waals surface area contributed by atoms with Crippen LogP contribution in [0.2, 0.25) is 5.02 Å². The zero-order valence-corrected chi connectivity index (χ0v) is 16.5. The lowest BCUT2D eigenvalue weighted by Crippen LogP contribution is -2.15. The molecule has 0 spiro atoms. The molecule has 1 atom stereocenters. The Hall–Kier alpha value is -1.36. The molecule has 0 saturated carbocycles. The SMILES string of the molecule is Cc1ccc(CSC(CSc2ccc(Cl)cc2)Cn2ccnc2)cc1. The molecule has 0 aliphatic carbocycles. The zero-order chi connectivity index (χ0) is 17.5. The van der Waals surface area contributed by atoms with Crippen LogP contribution in [0.5, 0.6) is 0 Å². The van der Waals surface area contributed by atoms with E-state index in [9.17, 15) is 0 Å².